The van der Waals surface area contributed by atoms with E-state index in [1.54, 1.807) is 35.4 Å². The highest BCUT2D eigenvalue weighted by Crippen LogP contribution is 2.13. The molecule has 1 aromatic heterocycles. The maximum absolute atomic E-state index is 12.5. The SMILES string of the molecule is CCN(CCc1cncc(C#N)n1)C(=O)c1ccccc1N. The number of aromatic nitrogens is 2. The maximum Gasteiger partial charge on any atom is 0.255 e. The summed E-state index contributed by atoms with van der Waals surface area (Å²) < 4.78 is 0. The predicted molar refractivity (Wildman–Crippen MR) is 82.9 cm³/mol. The number of carbonyl (C=O) groups excluding carboxylic acids is 1. The number of hydrogen-bond donors (Lipinski definition) is 1. The topological polar surface area (TPSA) is 95.9 Å². The van der Waals surface area contributed by atoms with Crippen molar-refractivity contribution < 1.29 is 4.79 Å². The summed E-state index contributed by atoms with van der Waals surface area (Å²) in [5, 5.41) is 8.82. The molecule has 1 amide bonds. The molecule has 2 aromatic rings. The number of nitrogens with two attached hydrogens (primary N) is 1. The maximum atomic E-state index is 12.5. The van der Waals surface area contributed by atoms with E-state index in [-0.39, 0.29) is 11.6 Å². The minimum Gasteiger partial charge on any atom is -0.398 e. The zero-order valence-corrected chi connectivity index (χ0v) is 12.4. The van der Waals surface area contributed by atoms with Crippen LogP contribution in [0.5, 0.6) is 0 Å². The molecule has 6 heteroatoms. The van der Waals surface area contributed by atoms with E-state index < -0.39 is 0 Å². The Morgan fingerprint density at radius 1 is 1.36 bits per heavy atom. The van der Waals surface area contributed by atoms with E-state index in [0.29, 0.717) is 36.5 Å². The van der Waals surface area contributed by atoms with Crippen LogP contribution in [-0.2, 0) is 6.42 Å². The summed E-state index contributed by atoms with van der Waals surface area (Å²) >= 11 is 0. The fourth-order valence-electron chi connectivity index (χ4n) is 2.10. The summed E-state index contributed by atoms with van der Waals surface area (Å²) in [7, 11) is 0. The Bertz CT molecular complexity index is 708. The van der Waals surface area contributed by atoms with Crippen LogP contribution in [0.1, 0.15) is 28.7 Å². The number of amides is 1. The Balaban J connectivity index is 2.08. The van der Waals surface area contributed by atoms with Crippen molar-refractivity contribution in [2.75, 3.05) is 18.8 Å². The van der Waals surface area contributed by atoms with Crippen LogP contribution in [0.15, 0.2) is 36.7 Å². The molecule has 0 unspecified atom stereocenters. The Kier molecular flexibility index (Phi) is 5.04. The van der Waals surface area contributed by atoms with Crippen LogP contribution in [0.2, 0.25) is 0 Å². The summed E-state index contributed by atoms with van der Waals surface area (Å²) in [5.74, 6) is -0.106. The van der Waals surface area contributed by atoms with Gasteiger partial charge in [-0.15, -0.1) is 0 Å². The third-order valence-corrected chi connectivity index (χ3v) is 3.30. The second kappa shape index (κ2) is 7.18. The van der Waals surface area contributed by atoms with Crippen molar-refractivity contribution in [3.8, 4) is 6.07 Å². The van der Waals surface area contributed by atoms with Gasteiger partial charge in [-0.3, -0.25) is 9.78 Å². The van der Waals surface area contributed by atoms with Crippen molar-refractivity contribution in [2.24, 2.45) is 0 Å². The molecule has 1 aromatic carbocycles. The van der Waals surface area contributed by atoms with Gasteiger partial charge in [0, 0.05) is 31.4 Å². The monoisotopic (exact) mass is 295 g/mol. The minimum absolute atomic E-state index is 0.106. The Hall–Kier alpha value is -2.94. The van der Waals surface area contributed by atoms with Gasteiger partial charge in [0.2, 0.25) is 0 Å². The second-order valence-corrected chi connectivity index (χ2v) is 4.73. The highest BCUT2D eigenvalue weighted by molar-refractivity contribution is 5.99. The molecule has 0 atom stereocenters. The molecule has 0 spiro atoms. The summed E-state index contributed by atoms with van der Waals surface area (Å²) in [4.78, 5) is 22.3. The molecule has 0 aliphatic heterocycles. The van der Waals surface area contributed by atoms with Gasteiger partial charge in [-0.2, -0.15) is 5.26 Å². The first-order chi connectivity index (χ1) is 10.7. The number of benzene rings is 1. The van der Waals surface area contributed by atoms with Gasteiger partial charge < -0.3 is 10.6 Å². The highest BCUT2D eigenvalue weighted by atomic mass is 16.2. The molecule has 22 heavy (non-hydrogen) atoms. The van der Waals surface area contributed by atoms with E-state index in [1.807, 2.05) is 13.0 Å². The number of nitriles is 1. The fourth-order valence-corrected chi connectivity index (χ4v) is 2.10. The Labute approximate surface area is 129 Å². The van der Waals surface area contributed by atoms with Gasteiger partial charge in [0.1, 0.15) is 6.07 Å². The number of anilines is 1. The molecule has 112 valence electrons. The van der Waals surface area contributed by atoms with E-state index in [2.05, 4.69) is 9.97 Å². The molecule has 0 aliphatic carbocycles. The first kappa shape index (κ1) is 15.4. The molecule has 0 aliphatic rings. The summed E-state index contributed by atoms with van der Waals surface area (Å²) in [6, 6.07) is 8.97. The standard InChI is InChI=1S/C16H17N5O/c1-2-21(16(22)14-5-3-4-6-15(14)18)8-7-12-10-19-11-13(9-17)20-12/h3-6,10-11H,2,7-8,18H2,1H3. The van der Waals surface area contributed by atoms with E-state index >= 15 is 0 Å². The smallest absolute Gasteiger partial charge is 0.255 e. The minimum atomic E-state index is -0.106. The van der Waals surface area contributed by atoms with Crippen LogP contribution in [-0.4, -0.2) is 33.9 Å². The van der Waals surface area contributed by atoms with E-state index in [1.165, 1.54) is 6.20 Å². The number of hydrogen-bond acceptors (Lipinski definition) is 5. The molecular formula is C16H17N5O. The fraction of sp³-hybridized carbons (Fsp3) is 0.250. The molecule has 1 heterocycles. The molecule has 0 fully saturated rings. The molecule has 2 rings (SSSR count). The van der Waals surface area contributed by atoms with Crippen molar-refractivity contribution in [3.05, 3.63) is 53.6 Å². The predicted octanol–water partition coefficient (Wildman–Crippen LogP) is 1.64. The van der Waals surface area contributed by atoms with Crippen LogP contribution in [0.3, 0.4) is 0 Å². The van der Waals surface area contributed by atoms with Crippen LogP contribution in [0.25, 0.3) is 0 Å². The lowest BCUT2D eigenvalue weighted by Gasteiger charge is -2.21. The van der Waals surface area contributed by atoms with Crippen LogP contribution >= 0.6 is 0 Å². The zero-order chi connectivity index (χ0) is 15.9. The lowest BCUT2D eigenvalue weighted by molar-refractivity contribution is 0.0767. The van der Waals surface area contributed by atoms with Gasteiger partial charge in [0.05, 0.1) is 17.5 Å². The van der Waals surface area contributed by atoms with Gasteiger partial charge >= 0.3 is 0 Å². The molecule has 0 saturated heterocycles. The lowest BCUT2D eigenvalue weighted by atomic mass is 10.1. The van der Waals surface area contributed by atoms with E-state index in [4.69, 9.17) is 11.0 Å². The number of carbonyl (C=O) groups is 1. The zero-order valence-electron chi connectivity index (χ0n) is 12.4. The van der Waals surface area contributed by atoms with Crippen molar-refractivity contribution in [2.45, 2.75) is 13.3 Å². The Morgan fingerprint density at radius 2 is 2.14 bits per heavy atom. The molecule has 6 nitrogen and oxygen atoms in total. The molecule has 0 saturated carbocycles. The highest BCUT2D eigenvalue weighted by Gasteiger charge is 2.16. The van der Waals surface area contributed by atoms with Crippen molar-refractivity contribution in [1.29, 1.82) is 5.26 Å². The Morgan fingerprint density at radius 3 is 2.82 bits per heavy atom. The van der Waals surface area contributed by atoms with Crippen LogP contribution in [0.4, 0.5) is 5.69 Å². The summed E-state index contributed by atoms with van der Waals surface area (Å²) in [5.41, 5.74) is 7.79. The largest absolute Gasteiger partial charge is 0.398 e. The molecule has 0 radical (unpaired) electrons. The first-order valence-electron chi connectivity index (χ1n) is 7.00. The number of nitrogen functional groups attached to an aromatic ring is 1. The van der Waals surface area contributed by atoms with E-state index in [0.717, 1.165) is 0 Å². The number of nitrogens with zero attached hydrogens (tertiary/aromatic N) is 4. The van der Waals surface area contributed by atoms with Gasteiger partial charge in [-0.05, 0) is 19.1 Å². The third-order valence-electron chi connectivity index (χ3n) is 3.30. The van der Waals surface area contributed by atoms with Gasteiger partial charge in [-0.25, -0.2) is 4.98 Å². The normalized spacial score (nSPS) is 10.0. The molecular weight excluding hydrogens is 278 g/mol. The van der Waals surface area contributed by atoms with Crippen LogP contribution in [0, 0.1) is 11.3 Å². The number of rotatable bonds is 5. The van der Waals surface area contributed by atoms with Gasteiger partial charge in [-0.1, -0.05) is 12.1 Å². The average molecular weight is 295 g/mol. The quantitative estimate of drug-likeness (QED) is 0.846. The second-order valence-electron chi connectivity index (χ2n) is 4.73. The third kappa shape index (κ3) is 3.58. The number of para-hydroxylation sites is 1. The van der Waals surface area contributed by atoms with Crippen molar-refractivity contribution in [1.82, 2.24) is 14.9 Å². The lowest BCUT2D eigenvalue weighted by Crippen LogP contribution is -2.33. The van der Waals surface area contributed by atoms with Crippen molar-refractivity contribution in [3.63, 3.8) is 0 Å². The van der Waals surface area contributed by atoms with Gasteiger partial charge in [0.25, 0.3) is 5.91 Å². The van der Waals surface area contributed by atoms with Crippen molar-refractivity contribution >= 4 is 11.6 Å². The van der Waals surface area contributed by atoms with E-state index in [9.17, 15) is 4.79 Å². The summed E-state index contributed by atoms with van der Waals surface area (Å²) in [6.07, 6.45) is 3.56. The summed E-state index contributed by atoms with van der Waals surface area (Å²) in [6.45, 7) is 2.97. The molecule has 0 bridgehead atoms. The first-order valence-corrected chi connectivity index (χ1v) is 7.00. The van der Waals surface area contributed by atoms with Gasteiger partial charge in [0.15, 0.2) is 5.69 Å². The van der Waals surface area contributed by atoms with Crippen LogP contribution < -0.4 is 5.73 Å². The molecule has 2 N–H and O–H groups in total. The average Bonchev–Trinajstić information content (AvgIpc) is 2.56. The number of likely N-dealkylation sites (N-methyl/N-ethyl adjacent to an activating group) is 1.